The molecule has 2 heterocycles. The molecule has 130 valence electrons. The number of anilines is 1. The Kier molecular flexibility index (Phi) is 4.59. The fraction of sp³-hybridized carbons (Fsp3) is 0.278. The third-order valence-electron chi connectivity index (χ3n) is 4.02. The number of aryl methyl sites for hydroxylation is 2. The number of carbonyl (C=O) groups is 1. The van der Waals surface area contributed by atoms with E-state index in [1.54, 1.807) is 11.0 Å². The van der Waals surface area contributed by atoms with Crippen molar-refractivity contribution < 1.29 is 4.79 Å². The van der Waals surface area contributed by atoms with Crippen molar-refractivity contribution in [1.82, 2.24) is 9.55 Å². The van der Waals surface area contributed by atoms with Crippen molar-refractivity contribution in [3.63, 3.8) is 0 Å². The number of aromatic nitrogens is 2. The predicted molar refractivity (Wildman–Crippen MR) is 101 cm³/mol. The minimum absolute atomic E-state index is 0.291. The SMILES string of the molecule is CCN(C(=O)Cn1c(=O)[nH]c2sc(C)cc2c1=O)c1cccc(C)c1. The number of nitrogens with one attached hydrogen (secondary N) is 1. The van der Waals surface area contributed by atoms with Gasteiger partial charge in [0.05, 0.1) is 5.39 Å². The number of nitrogens with zero attached hydrogens (tertiary/aromatic N) is 2. The van der Waals surface area contributed by atoms with Crippen LogP contribution < -0.4 is 16.1 Å². The Labute approximate surface area is 148 Å². The Morgan fingerprint density at radius 2 is 2.00 bits per heavy atom. The highest BCUT2D eigenvalue weighted by Crippen LogP contribution is 2.19. The van der Waals surface area contributed by atoms with Crippen molar-refractivity contribution in [2.45, 2.75) is 27.3 Å². The van der Waals surface area contributed by atoms with Crippen molar-refractivity contribution in [1.29, 1.82) is 0 Å². The Balaban J connectivity index is 1.98. The summed E-state index contributed by atoms with van der Waals surface area (Å²) in [5.41, 5.74) is 0.795. The number of fused-ring (bicyclic) bond motifs is 1. The average molecular weight is 357 g/mol. The van der Waals surface area contributed by atoms with E-state index < -0.39 is 11.2 Å². The van der Waals surface area contributed by atoms with E-state index in [9.17, 15) is 14.4 Å². The molecule has 1 aromatic carbocycles. The number of hydrogen-bond acceptors (Lipinski definition) is 4. The van der Waals surface area contributed by atoms with Crippen LogP contribution in [0.4, 0.5) is 5.69 Å². The first kappa shape index (κ1) is 17.2. The van der Waals surface area contributed by atoms with Crippen molar-refractivity contribution in [2.24, 2.45) is 0 Å². The summed E-state index contributed by atoms with van der Waals surface area (Å²) in [5.74, 6) is -0.299. The summed E-state index contributed by atoms with van der Waals surface area (Å²) in [7, 11) is 0. The molecule has 25 heavy (non-hydrogen) atoms. The van der Waals surface area contributed by atoms with Gasteiger partial charge in [0, 0.05) is 17.1 Å². The van der Waals surface area contributed by atoms with Gasteiger partial charge in [0.1, 0.15) is 11.4 Å². The Morgan fingerprint density at radius 3 is 2.68 bits per heavy atom. The van der Waals surface area contributed by atoms with Gasteiger partial charge in [0.25, 0.3) is 5.56 Å². The molecule has 2 aromatic heterocycles. The Bertz CT molecular complexity index is 1060. The predicted octanol–water partition coefficient (Wildman–Crippen LogP) is 2.42. The van der Waals surface area contributed by atoms with Crippen molar-refractivity contribution in [2.75, 3.05) is 11.4 Å². The van der Waals surface area contributed by atoms with E-state index in [1.165, 1.54) is 11.3 Å². The highest BCUT2D eigenvalue weighted by molar-refractivity contribution is 7.18. The van der Waals surface area contributed by atoms with Gasteiger partial charge < -0.3 is 4.90 Å². The Hall–Kier alpha value is -2.67. The van der Waals surface area contributed by atoms with Crippen LogP contribution in [0.15, 0.2) is 39.9 Å². The molecule has 1 N–H and O–H groups in total. The maximum Gasteiger partial charge on any atom is 0.329 e. The van der Waals surface area contributed by atoms with Crippen LogP contribution in [0.2, 0.25) is 0 Å². The number of benzene rings is 1. The molecule has 7 heteroatoms. The molecule has 0 fully saturated rings. The number of thiophene rings is 1. The van der Waals surface area contributed by atoms with Gasteiger partial charge in [-0.2, -0.15) is 0 Å². The highest BCUT2D eigenvalue weighted by Gasteiger charge is 2.18. The first-order chi connectivity index (χ1) is 11.9. The first-order valence-corrected chi connectivity index (χ1v) is 8.82. The molecule has 0 radical (unpaired) electrons. The van der Waals surface area contributed by atoms with Gasteiger partial charge >= 0.3 is 5.69 Å². The van der Waals surface area contributed by atoms with Crippen LogP contribution >= 0.6 is 11.3 Å². The van der Waals surface area contributed by atoms with Gasteiger partial charge in [-0.05, 0) is 44.5 Å². The van der Waals surface area contributed by atoms with Crippen LogP contribution in [0.1, 0.15) is 17.4 Å². The van der Waals surface area contributed by atoms with Crippen molar-refractivity contribution in [3.8, 4) is 0 Å². The van der Waals surface area contributed by atoms with Gasteiger partial charge in [-0.25, -0.2) is 4.79 Å². The van der Waals surface area contributed by atoms with Crippen molar-refractivity contribution >= 4 is 33.1 Å². The maximum atomic E-state index is 12.7. The second-order valence-corrected chi connectivity index (χ2v) is 7.15. The molecule has 0 unspecified atom stereocenters. The largest absolute Gasteiger partial charge is 0.329 e. The zero-order chi connectivity index (χ0) is 18.1. The lowest BCUT2D eigenvalue weighted by Gasteiger charge is -2.21. The molecule has 3 aromatic rings. The molecule has 0 bridgehead atoms. The normalized spacial score (nSPS) is 11.0. The molecular formula is C18H19N3O3S. The fourth-order valence-corrected chi connectivity index (χ4v) is 3.72. The molecule has 3 rings (SSSR count). The van der Waals surface area contributed by atoms with E-state index in [0.717, 1.165) is 20.7 Å². The molecule has 0 spiro atoms. The quantitative estimate of drug-likeness (QED) is 0.779. The molecule has 0 aliphatic rings. The minimum Gasteiger partial charge on any atom is -0.311 e. The van der Waals surface area contributed by atoms with Crippen LogP contribution in [-0.2, 0) is 11.3 Å². The monoisotopic (exact) mass is 357 g/mol. The number of H-pyrrole nitrogens is 1. The van der Waals surface area contributed by atoms with Gasteiger partial charge in [-0.15, -0.1) is 11.3 Å². The summed E-state index contributed by atoms with van der Waals surface area (Å²) in [5, 5.41) is 0.438. The van der Waals surface area contributed by atoms with Crippen LogP contribution in [0.25, 0.3) is 10.2 Å². The summed E-state index contributed by atoms with van der Waals surface area (Å²) in [4.78, 5) is 43.3. The van der Waals surface area contributed by atoms with Gasteiger partial charge in [0.2, 0.25) is 5.91 Å². The lowest BCUT2D eigenvalue weighted by Crippen LogP contribution is -2.42. The van der Waals surface area contributed by atoms with E-state index in [-0.39, 0.29) is 12.5 Å². The third-order valence-corrected chi connectivity index (χ3v) is 4.99. The molecule has 6 nitrogen and oxygen atoms in total. The molecule has 0 atom stereocenters. The number of rotatable bonds is 4. The van der Waals surface area contributed by atoms with E-state index in [2.05, 4.69) is 4.98 Å². The van der Waals surface area contributed by atoms with Crippen LogP contribution in [0.3, 0.4) is 0 Å². The number of carbonyl (C=O) groups excluding carboxylic acids is 1. The number of hydrogen-bond donors (Lipinski definition) is 1. The second-order valence-electron chi connectivity index (χ2n) is 5.90. The van der Waals surface area contributed by atoms with Crippen LogP contribution in [0.5, 0.6) is 0 Å². The molecule has 0 saturated carbocycles. The molecule has 1 amide bonds. The average Bonchev–Trinajstić information content (AvgIpc) is 2.93. The lowest BCUT2D eigenvalue weighted by atomic mass is 10.2. The summed E-state index contributed by atoms with van der Waals surface area (Å²) >= 11 is 1.35. The van der Waals surface area contributed by atoms with Gasteiger partial charge in [-0.1, -0.05) is 12.1 Å². The summed E-state index contributed by atoms with van der Waals surface area (Å²) < 4.78 is 0.968. The Morgan fingerprint density at radius 1 is 1.24 bits per heavy atom. The van der Waals surface area contributed by atoms with Gasteiger partial charge in [0.15, 0.2) is 0 Å². The maximum absolute atomic E-state index is 12.7. The zero-order valence-corrected chi connectivity index (χ0v) is 15.1. The number of likely N-dealkylation sites (N-methyl/N-ethyl adjacent to an activating group) is 1. The summed E-state index contributed by atoms with van der Waals surface area (Å²) in [6.07, 6.45) is 0. The topological polar surface area (TPSA) is 75.2 Å². The minimum atomic E-state index is -0.562. The van der Waals surface area contributed by atoms with E-state index in [0.29, 0.717) is 16.8 Å². The highest BCUT2D eigenvalue weighted by atomic mass is 32.1. The fourth-order valence-electron chi connectivity index (χ4n) is 2.83. The third kappa shape index (κ3) is 3.28. The second kappa shape index (κ2) is 6.68. The van der Waals surface area contributed by atoms with Crippen molar-refractivity contribution in [3.05, 3.63) is 61.6 Å². The van der Waals surface area contributed by atoms with Crippen LogP contribution in [-0.4, -0.2) is 22.0 Å². The summed E-state index contributed by atoms with van der Waals surface area (Å²) in [6, 6.07) is 9.30. The molecule has 0 aliphatic carbocycles. The van der Waals surface area contributed by atoms with E-state index in [1.807, 2.05) is 45.0 Å². The molecule has 0 aliphatic heterocycles. The van der Waals surface area contributed by atoms with E-state index in [4.69, 9.17) is 0 Å². The molecular weight excluding hydrogens is 338 g/mol. The van der Waals surface area contributed by atoms with Gasteiger partial charge in [-0.3, -0.25) is 19.1 Å². The smallest absolute Gasteiger partial charge is 0.311 e. The van der Waals surface area contributed by atoms with Crippen LogP contribution in [0, 0.1) is 13.8 Å². The zero-order valence-electron chi connectivity index (χ0n) is 14.3. The molecule has 0 saturated heterocycles. The standard InChI is InChI=1S/C18H19N3O3S/c1-4-20(13-7-5-6-11(2)8-13)15(22)10-21-17(23)14-9-12(3)25-16(14)19-18(21)24/h5-9H,4,10H2,1-3H3,(H,19,24). The summed E-state index contributed by atoms with van der Waals surface area (Å²) in [6.45, 7) is 5.84. The number of amides is 1. The lowest BCUT2D eigenvalue weighted by molar-refractivity contribution is -0.119. The first-order valence-electron chi connectivity index (χ1n) is 8.01. The van der Waals surface area contributed by atoms with E-state index >= 15 is 0 Å². The number of aromatic amines is 1.